The molecule has 3 aliphatic rings. The summed E-state index contributed by atoms with van der Waals surface area (Å²) in [7, 11) is 0. The molecule has 6 rings (SSSR count). The number of ether oxygens (including phenoxy) is 3. The molecule has 0 aliphatic carbocycles. The van der Waals surface area contributed by atoms with E-state index in [0.717, 1.165) is 48.3 Å². The summed E-state index contributed by atoms with van der Waals surface area (Å²) in [5, 5.41) is 10.7. The summed E-state index contributed by atoms with van der Waals surface area (Å²) in [5.41, 5.74) is 4.07. The number of fused-ring (bicyclic) bond motifs is 2. The van der Waals surface area contributed by atoms with Crippen molar-refractivity contribution in [2.24, 2.45) is 0 Å². The number of nitrogens with zero attached hydrogens (tertiary/aromatic N) is 2. The number of ketones is 1. The summed E-state index contributed by atoms with van der Waals surface area (Å²) < 4.78 is 18.1. The first-order chi connectivity index (χ1) is 18.0. The highest BCUT2D eigenvalue weighted by Gasteiger charge is 2.32. The fourth-order valence-corrected chi connectivity index (χ4v) is 5.60. The molecule has 3 aromatic carbocycles. The number of piperazine rings is 1. The molecule has 190 valence electrons. The predicted molar refractivity (Wildman–Crippen MR) is 142 cm³/mol. The van der Waals surface area contributed by atoms with Crippen LogP contribution in [0.25, 0.3) is 6.08 Å². The van der Waals surface area contributed by atoms with E-state index < -0.39 is 0 Å². The first-order valence-corrected chi connectivity index (χ1v) is 13.1. The van der Waals surface area contributed by atoms with Crippen LogP contribution in [-0.4, -0.2) is 53.7 Å². The third-order valence-electron chi connectivity index (χ3n) is 7.00. The van der Waals surface area contributed by atoms with Crippen LogP contribution in [0.15, 0.2) is 64.8 Å². The minimum Gasteiger partial charge on any atom is -0.507 e. The maximum absolute atomic E-state index is 13.3. The Labute approximate surface area is 224 Å². The molecule has 0 radical (unpaired) electrons. The monoisotopic (exact) mass is 562 g/mol. The zero-order chi connectivity index (χ0) is 25.4. The number of phenolic OH excluding ortho intramolecular Hbond substituents is 1. The Morgan fingerprint density at radius 3 is 2.49 bits per heavy atom. The Morgan fingerprint density at radius 1 is 0.946 bits per heavy atom. The minimum atomic E-state index is -0.204. The molecule has 3 aromatic rings. The van der Waals surface area contributed by atoms with Crippen LogP contribution >= 0.6 is 15.9 Å². The largest absolute Gasteiger partial charge is 0.507 e. The molecule has 0 bridgehead atoms. The number of allylic oxidation sites excluding steroid dienone is 1. The van der Waals surface area contributed by atoms with E-state index in [-0.39, 0.29) is 24.1 Å². The maximum atomic E-state index is 13.3. The quantitative estimate of drug-likeness (QED) is 0.441. The minimum absolute atomic E-state index is 0.139. The molecular formula is C29H27BrN2O5. The van der Waals surface area contributed by atoms with Gasteiger partial charge < -0.3 is 19.3 Å². The Balaban J connectivity index is 1.20. The lowest BCUT2D eigenvalue weighted by Crippen LogP contribution is -2.45. The van der Waals surface area contributed by atoms with Crippen molar-refractivity contribution in [1.29, 1.82) is 0 Å². The summed E-state index contributed by atoms with van der Waals surface area (Å²) in [4.78, 5) is 18.0. The van der Waals surface area contributed by atoms with E-state index >= 15 is 0 Å². The molecule has 0 spiro atoms. The van der Waals surface area contributed by atoms with Crippen LogP contribution in [-0.2, 0) is 24.4 Å². The van der Waals surface area contributed by atoms with Gasteiger partial charge in [-0.15, -0.1) is 0 Å². The van der Waals surface area contributed by atoms with Gasteiger partial charge in [-0.05, 0) is 35.9 Å². The Morgan fingerprint density at radius 2 is 1.70 bits per heavy atom. The van der Waals surface area contributed by atoms with Gasteiger partial charge in [-0.1, -0.05) is 46.3 Å². The number of halogens is 1. The standard InChI is InChI=1S/C29H27BrN2O5/c30-22-12-20(28-21(13-22)17-35-18-36-28)14-26-27(34)23-6-7-25(33)24(29(23)37-26)16-32-10-8-31(9-11-32)15-19-4-2-1-3-5-19/h1-7,12-14,33H,8-11,15-18H2/b26-14-. The van der Waals surface area contributed by atoms with Crippen molar-refractivity contribution in [2.75, 3.05) is 33.0 Å². The first kappa shape index (κ1) is 24.2. The molecule has 37 heavy (non-hydrogen) atoms. The lowest BCUT2D eigenvalue weighted by molar-refractivity contribution is -0.0165. The molecule has 0 atom stereocenters. The lowest BCUT2D eigenvalue weighted by Gasteiger charge is -2.35. The Bertz CT molecular complexity index is 1370. The van der Waals surface area contributed by atoms with Crippen LogP contribution in [0, 0.1) is 0 Å². The molecule has 0 saturated carbocycles. The molecule has 1 fully saturated rings. The SMILES string of the molecule is O=C1/C(=C/c2cc(Br)cc3c2OCOC3)Oc2c1ccc(O)c2CN1CCN(Cc2ccccc2)CC1. The van der Waals surface area contributed by atoms with Crippen LogP contribution in [0.4, 0.5) is 0 Å². The Hall–Kier alpha value is -3.17. The average molecular weight is 563 g/mol. The van der Waals surface area contributed by atoms with Gasteiger partial charge in [-0.25, -0.2) is 0 Å². The van der Waals surface area contributed by atoms with E-state index in [0.29, 0.717) is 35.8 Å². The van der Waals surface area contributed by atoms with Gasteiger partial charge in [0, 0.05) is 54.9 Å². The number of carbonyl (C=O) groups is 1. The predicted octanol–water partition coefficient (Wildman–Crippen LogP) is 4.96. The number of rotatable bonds is 5. The Kier molecular flexibility index (Phi) is 6.73. The van der Waals surface area contributed by atoms with Gasteiger partial charge in [-0.3, -0.25) is 14.6 Å². The topological polar surface area (TPSA) is 71.5 Å². The van der Waals surface area contributed by atoms with Crippen LogP contribution in [0.3, 0.4) is 0 Å². The third-order valence-corrected chi connectivity index (χ3v) is 7.46. The highest BCUT2D eigenvalue weighted by Crippen LogP contribution is 2.41. The second-order valence-corrected chi connectivity index (χ2v) is 10.4. The number of phenols is 1. The van der Waals surface area contributed by atoms with Crippen LogP contribution in [0.2, 0.25) is 0 Å². The normalized spacial score (nSPS) is 18.8. The van der Waals surface area contributed by atoms with E-state index in [1.165, 1.54) is 5.56 Å². The number of aromatic hydroxyl groups is 1. The molecule has 1 N–H and O–H groups in total. The van der Waals surface area contributed by atoms with E-state index in [1.54, 1.807) is 18.2 Å². The van der Waals surface area contributed by atoms with Crippen molar-refractivity contribution in [3.8, 4) is 17.2 Å². The van der Waals surface area contributed by atoms with E-state index in [9.17, 15) is 9.90 Å². The zero-order valence-corrected chi connectivity index (χ0v) is 21.9. The number of hydrogen-bond donors (Lipinski definition) is 1. The van der Waals surface area contributed by atoms with Gasteiger partial charge in [0.05, 0.1) is 17.7 Å². The van der Waals surface area contributed by atoms with Crippen molar-refractivity contribution >= 4 is 27.8 Å². The molecule has 1 saturated heterocycles. The van der Waals surface area contributed by atoms with Crippen molar-refractivity contribution in [2.45, 2.75) is 19.7 Å². The second-order valence-electron chi connectivity index (χ2n) is 9.51. The van der Waals surface area contributed by atoms with Crippen molar-refractivity contribution in [1.82, 2.24) is 9.80 Å². The van der Waals surface area contributed by atoms with Gasteiger partial charge in [0.2, 0.25) is 5.78 Å². The van der Waals surface area contributed by atoms with Crippen molar-refractivity contribution in [3.05, 3.63) is 92.6 Å². The molecule has 0 amide bonds. The highest BCUT2D eigenvalue weighted by molar-refractivity contribution is 9.10. The fourth-order valence-electron chi connectivity index (χ4n) is 5.08. The number of hydrogen-bond acceptors (Lipinski definition) is 7. The molecule has 3 heterocycles. The molecule has 7 nitrogen and oxygen atoms in total. The van der Waals surface area contributed by atoms with E-state index in [4.69, 9.17) is 14.2 Å². The first-order valence-electron chi connectivity index (χ1n) is 12.4. The van der Waals surface area contributed by atoms with Gasteiger partial charge in [0.15, 0.2) is 12.6 Å². The lowest BCUT2D eigenvalue weighted by atomic mass is 10.0. The van der Waals surface area contributed by atoms with Gasteiger partial charge in [-0.2, -0.15) is 0 Å². The smallest absolute Gasteiger partial charge is 0.231 e. The van der Waals surface area contributed by atoms with Gasteiger partial charge in [0.1, 0.15) is 17.2 Å². The molecule has 3 aliphatic heterocycles. The number of carbonyl (C=O) groups excluding carboxylic acids is 1. The average Bonchev–Trinajstić information content (AvgIpc) is 3.22. The zero-order valence-electron chi connectivity index (χ0n) is 20.3. The maximum Gasteiger partial charge on any atom is 0.231 e. The number of Topliss-reactive ketones (excluding diaryl/α,β-unsaturated/α-hetero) is 1. The highest BCUT2D eigenvalue weighted by atomic mass is 79.9. The van der Waals surface area contributed by atoms with Crippen LogP contribution in [0.5, 0.6) is 17.2 Å². The third kappa shape index (κ3) is 5.02. The summed E-state index contributed by atoms with van der Waals surface area (Å²) in [6, 6.07) is 17.5. The summed E-state index contributed by atoms with van der Waals surface area (Å²) in [6.07, 6.45) is 1.71. The molecule has 0 aromatic heterocycles. The fraction of sp³-hybridized carbons (Fsp3) is 0.276. The number of benzene rings is 3. The molecular weight excluding hydrogens is 536 g/mol. The molecule has 0 unspecified atom stereocenters. The van der Waals surface area contributed by atoms with Crippen molar-refractivity contribution in [3.63, 3.8) is 0 Å². The summed E-state index contributed by atoms with van der Waals surface area (Å²) in [6.45, 7) is 5.67. The molecule has 8 heteroatoms. The summed E-state index contributed by atoms with van der Waals surface area (Å²) >= 11 is 3.52. The van der Waals surface area contributed by atoms with Gasteiger partial charge in [0.25, 0.3) is 0 Å². The van der Waals surface area contributed by atoms with Crippen LogP contribution in [0.1, 0.15) is 32.6 Å². The van der Waals surface area contributed by atoms with Crippen LogP contribution < -0.4 is 9.47 Å². The van der Waals surface area contributed by atoms with Crippen molar-refractivity contribution < 1.29 is 24.1 Å². The van der Waals surface area contributed by atoms with E-state index in [1.807, 2.05) is 18.2 Å². The second kappa shape index (κ2) is 10.3. The summed E-state index contributed by atoms with van der Waals surface area (Å²) in [5.74, 6) is 1.27. The van der Waals surface area contributed by atoms with E-state index in [2.05, 4.69) is 50.0 Å². The van der Waals surface area contributed by atoms with Gasteiger partial charge >= 0.3 is 0 Å².